The third-order valence-corrected chi connectivity index (χ3v) is 3.66. The van der Waals surface area contributed by atoms with E-state index in [0.29, 0.717) is 5.56 Å². The third-order valence-electron chi connectivity index (χ3n) is 2.96. The lowest BCUT2D eigenvalue weighted by Crippen LogP contribution is -2.37. The maximum Gasteiger partial charge on any atom is 0.315 e. The fraction of sp³-hybridized carbons (Fsp3) is 0.214. The molecule has 8 heteroatoms. The molecule has 0 aliphatic rings. The lowest BCUT2D eigenvalue weighted by atomic mass is 10.2. The molecule has 1 heterocycles. The summed E-state index contributed by atoms with van der Waals surface area (Å²) in [7, 11) is 0. The molecule has 1 atom stereocenters. The van der Waals surface area contributed by atoms with Crippen molar-refractivity contribution in [3.8, 4) is 0 Å². The van der Waals surface area contributed by atoms with Gasteiger partial charge in [-0.25, -0.2) is 4.79 Å². The molecule has 116 valence electrons. The van der Waals surface area contributed by atoms with Gasteiger partial charge in [0.25, 0.3) is 5.69 Å². The first-order valence-corrected chi connectivity index (χ1v) is 7.45. The number of nitrogens with zero attached hydrogens (tertiary/aromatic N) is 1. The summed E-state index contributed by atoms with van der Waals surface area (Å²) in [4.78, 5) is 21.8. The van der Waals surface area contributed by atoms with Gasteiger partial charge in [-0.05, 0) is 28.0 Å². The van der Waals surface area contributed by atoms with Gasteiger partial charge in [-0.2, -0.15) is 11.3 Å². The van der Waals surface area contributed by atoms with Gasteiger partial charge in [0.05, 0.1) is 11.0 Å². The molecular formula is C14H15N3O4S. The van der Waals surface area contributed by atoms with Crippen LogP contribution in [0.15, 0.2) is 41.1 Å². The maximum atomic E-state index is 11.6. The van der Waals surface area contributed by atoms with Crippen LogP contribution in [0.4, 0.5) is 10.5 Å². The number of non-ortho nitro benzene ring substituents is 1. The fourth-order valence-corrected chi connectivity index (χ4v) is 2.50. The Morgan fingerprint density at radius 3 is 2.86 bits per heavy atom. The highest BCUT2D eigenvalue weighted by Gasteiger charge is 2.10. The number of thiophene rings is 1. The Kier molecular flexibility index (Phi) is 5.45. The quantitative estimate of drug-likeness (QED) is 0.560. The van der Waals surface area contributed by atoms with Crippen LogP contribution in [0.1, 0.15) is 17.2 Å². The molecule has 3 N–H and O–H groups in total. The van der Waals surface area contributed by atoms with Gasteiger partial charge in [0.15, 0.2) is 0 Å². The minimum Gasteiger partial charge on any atom is -0.387 e. The van der Waals surface area contributed by atoms with Crippen molar-refractivity contribution < 1.29 is 14.8 Å². The van der Waals surface area contributed by atoms with Crippen LogP contribution in [0.2, 0.25) is 0 Å². The molecule has 0 radical (unpaired) electrons. The number of hydrogen-bond donors (Lipinski definition) is 3. The largest absolute Gasteiger partial charge is 0.387 e. The van der Waals surface area contributed by atoms with Crippen molar-refractivity contribution in [2.45, 2.75) is 12.6 Å². The van der Waals surface area contributed by atoms with Gasteiger partial charge < -0.3 is 15.7 Å². The Hall–Kier alpha value is -2.45. The van der Waals surface area contributed by atoms with Gasteiger partial charge in [0.2, 0.25) is 0 Å². The molecule has 1 unspecified atom stereocenters. The minimum absolute atomic E-state index is 0.0208. The summed E-state index contributed by atoms with van der Waals surface area (Å²) < 4.78 is 0. The highest BCUT2D eigenvalue weighted by molar-refractivity contribution is 7.07. The second-order valence-corrected chi connectivity index (χ2v) is 5.34. The molecular weight excluding hydrogens is 306 g/mol. The Morgan fingerprint density at radius 2 is 2.18 bits per heavy atom. The van der Waals surface area contributed by atoms with E-state index in [9.17, 15) is 20.0 Å². The van der Waals surface area contributed by atoms with Crippen LogP contribution in [0, 0.1) is 10.1 Å². The molecule has 2 aromatic rings. The summed E-state index contributed by atoms with van der Waals surface area (Å²) in [5.74, 6) is 0. The molecule has 0 spiro atoms. The number of urea groups is 1. The zero-order valence-corrected chi connectivity index (χ0v) is 12.4. The second-order valence-electron chi connectivity index (χ2n) is 4.56. The Labute approximate surface area is 130 Å². The fourth-order valence-electron chi connectivity index (χ4n) is 1.80. The average molecular weight is 321 g/mol. The van der Waals surface area contributed by atoms with Crippen LogP contribution in [0.25, 0.3) is 0 Å². The predicted octanol–water partition coefficient (Wildman–Crippen LogP) is 2.19. The summed E-state index contributed by atoms with van der Waals surface area (Å²) in [6.07, 6.45) is -0.755. The first-order chi connectivity index (χ1) is 10.6. The van der Waals surface area contributed by atoms with Gasteiger partial charge in [-0.1, -0.05) is 12.1 Å². The molecule has 0 aliphatic carbocycles. The van der Waals surface area contributed by atoms with E-state index in [1.165, 1.54) is 23.5 Å². The molecule has 0 aliphatic heterocycles. The maximum absolute atomic E-state index is 11.6. The van der Waals surface area contributed by atoms with E-state index in [0.717, 1.165) is 5.56 Å². The molecule has 0 saturated carbocycles. The monoisotopic (exact) mass is 321 g/mol. The molecule has 0 fully saturated rings. The van der Waals surface area contributed by atoms with E-state index in [2.05, 4.69) is 10.6 Å². The molecule has 1 aromatic carbocycles. The van der Waals surface area contributed by atoms with Crippen LogP contribution in [0.3, 0.4) is 0 Å². The number of nitro groups is 1. The Bertz CT molecular complexity index is 645. The number of nitro benzene ring substituents is 1. The number of benzene rings is 1. The number of carbonyl (C=O) groups is 1. The zero-order valence-electron chi connectivity index (χ0n) is 11.6. The van der Waals surface area contributed by atoms with E-state index >= 15 is 0 Å². The first kappa shape index (κ1) is 15.9. The van der Waals surface area contributed by atoms with Crippen molar-refractivity contribution in [1.29, 1.82) is 0 Å². The molecule has 22 heavy (non-hydrogen) atoms. The molecule has 0 saturated heterocycles. The first-order valence-electron chi connectivity index (χ1n) is 6.51. The van der Waals surface area contributed by atoms with Crippen molar-refractivity contribution >= 4 is 23.1 Å². The molecule has 2 amide bonds. The Morgan fingerprint density at radius 1 is 1.36 bits per heavy atom. The molecule has 1 aromatic heterocycles. The summed E-state index contributed by atoms with van der Waals surface area (Å²) >= 11 is 1.47. The van der Waals surface area contributed by atoms with Gasteiger partial charge in [0.1, 0.15) is 0 Å². The third kappa shape index (κ3) is 4.54. The van der Waals surface area contributed by atoms with Crippen LogP contribution in [-0.2, 0) is 6.54 Å². The predicted molar refractivity (Wildman–Crippen MR) is 82.6 cm³/mol. The van der Waals surface area contributed by atoms with Crippen LogP contribution in [-0.4, -0.2) is 22.6 Å². The number of nitrogens with one attached hydrogen (secondary N) is 2. The highest BCUT2D eigenvalue weighted by atomic mass is 32.1. The number of aliphatic hydroxyl groups excluding tert-OH is 1. The zero-order chi connectivity index (χ0) is 15.9. The smallest absolute Gasteiger partial charge is 0.315 e. The van der Waals surface area contributed by atoms with Crippen LogP contribution in [0.5, 0.6) is 0 Å². The number of hydrogen-bond acceptors (Lipinski definition) is 5. The highest BCUT2D eigenvalue weighted by Crippen LogP contribution is 2.15. The van der Waals surface area contributed by atoms with E-state index in [1.807, 2.05) is 10.8 Å². The summed E-state index contributed by atoms with van der Waals surface area (Å²) in [5, 5.41) is 29.3. The van der Waals surface area contributed by atoms with Crippen LogP contribution < -0.4 is 10.6 Å². The summed E-state index contributed by atoms with van der Waals surface area (Å²) in [5.41, 5.74) is 1.36. The Balaban J connectivity index is 1.78. The number of rotatable bonds is 6. The van der Waals surface area contributed by atoms with E-state index in [4.69, 9.17) is 0 Å². The van der Waals surface area contributed by atoms with Gasteiger partial charge in [0, 0.05) is 25.2 Å². The summed E-state index contributed by atoms with van der Waals surface area (Å²) in [6.45, 7) is 0.263. The van der Waals surface area contributed by atoms with Crippen molar-refractivity contribution in [3.05, 3.63) is 62.3 Å². The topological polar surface area (TPSA) is 104 Å². The van der Waals surface area contributed by atoms with Crippen molar-refractivity contribution in [3.63, 3.8) is 0 Å². The molecule has 2 rings (SSSR count). The summed E-state index contributed by atoms with van der Waals surface area (Å²) in [6, 6.07) is 7.39. The van der Waals surface area contributed by atoms with Crippen molar-refractivity contribution in [2.75, 3.05) is 6.54 Å². The van der Waals surface area contributed by atoms with Crippen molar-refractivity contribution in [1.82, 2.24) is 10.6 Å². The van der Waals surface area contributed by atoms with E-state index < -0.39 is 17.1 Å². The van der Waals surface area contributed by atoms with Gasteiger partial charge in [-0.3, -0.25) is 10.1 Å². The molecule has 0 bridgehead atoms. The number of aliphatic hydroxyl groups is 1. The lowest BCUT2D eigenvalue weighted by Gasteiger charge is -2.11. The standard InChI is InChI=1S/C14H15N3O4S/c18-13(11-4-5-22-9-11)8-16-14(19)15-7-10-2-1-3-12(6-10)17(20)21/h1-6,9,13,18H,7-8H2,(H2,15,16,19). The van der Waals surface area contributed by atoms with Crippen molar-refractivity contribution in [2.24, 2.45) is 0 Å². The number of carbonyl (C=O) groups excluding carboxylic acids is 1. The van der Waals surface area contributed by atoms with E-state index in [-0.39, 0.29) is 18.8 Å². The van der Waals surface area contributed by atoms with Gasteiger partial charge >= 0.3 is 6.03 Å². The average Bonchev–Trinajstić information content (AvgIpc) is 3.05. The molecule has 7 nitrogen and oxygen atoms in total. The SMILES string of the molecule is O=C(NCc1cccc([N+](=O)[O-])c1)NCC(O)c1ccsc1. The lowest BCUT2D eigenvalue weighted by molar-refractivity contribution is -0.384. The minimum atomic E-state index is -0.755. The van der Waals surface area contributed by atoms with E-state index in [1.54, 1.807) is 18.2 Å². The normalized spacial score (nSPS) is 11.7. The van der Waals surface area contributed by atoms with Crippen LogP contribution >= 0.6 is 11.3 Å². The second kappa shape index (κ2) is 7.53. The number of amides is 2. The van der Waals surface area contributed by atoms with Gasteiger partial charge in [-0.15, -0.1) is 0 Å².